The quantitative estimate of drug-likeness (QED) is 0.445. The maximum Gasteiger partial charge on any atom is 0.324 e. The number of amides is 3. The van der Waals surface area contributed by atoms with Gasteiger partial charge in [0.25, 0.3) is 0 Å². The number of carbonyl (C=O) groups is 2. The first-order valence-electron chi connectivity index (χ1n) is 11.2. The summed E-state index contributed by atoms with van der Waals surface area (Å²) < 4.78 is 32.1. The number of likely N-dealkylation sites (N-methyl/N-ethyl adjacent to an activating group) is 1. The second kappa shape index (κ2) is 9.96. The Hall–Kier alpha value is -3.58. The van der Waals surface area contributed by atoms with Crippen molar-refractivity contribution in [3.05, 3.63) is 36.9 Å². The van der Waals surface area contributed by atoms with Crippen LogP contribution in [0.15, 0.2) is 41.8 Å². The van der Waals surface area contributed by atoms with Crippen molar-refractivity contribution in [3.63, 3.8) is 0 Å². The van der Waals surface area contributed by atoms with Crippen LogP contribution >= 0.6 is 0 Å². The van der Waals surface area contributed by atoms with Crippen LogP contribution in [0.3, 0.4) is 0 Å². The summed E-state index contributed by atoms with van der Waals surface area (Å²) in [5, 5.41) is 7.50. The van der Waals surface area contributed by atoms with E-state index in [1.807, 2.05) is 6.92 Å². The molecule has 12 nitrogen and oxygen atoms in total. The van der Waals surface area contributed by atoms with Crippen LogP contribution in [-0.4, -0.2) is 57.8 Å². The molecule has 13 heteroatoms. The summed E-state index contributed by atoms with van der Waals surface area (Å²) in [4.78, 5) is 37.5. The summed E-state index contributed by atoms with van der Waals surface area (Å²) in [7, 11) is -3.40. The summed E-state index contributed by atoms with van der Waals surface area (Å²) in [5.74, 6) is 0.0476. The minimum Gasteiger partial charge on any atom is -0.354 e. The van der Waals surface area contributed by atoms with E-state index >= 15 is 0 Å². The number of fused-ring (bicyclic) bond motifs is 1. The van der Waals surface area contributed by atoms with Crippen molar-refractivity contribution in [2.75, 3.05) is 17.2 Å². The van der Waals surface area contributed by atoms with E-state index in [9.17, 15) is 18.0 Å². The molecule has 2 aromatic heterocycles. The summed E-state index contributed by atoms with van der Waals surface area (Å²) >= 11 is 0. The Kier molecular flexibility index (Phi) is 6.98. The molecule has 186 valence electrons. The zero-order chi connectivity index (χ0) is 25.2. The molecule has 35 heavy (non-hydrogen) atoms. The highest BCUT2D eigenvalue weighted by Crippen LogP contribution is 2.31. The average Bonchev–Trinajstić information content (AvgIpc) is 3.47. The van der Waals surface area contributed by atoms with Crippen LogP contribution < -0.4 is 16.0 Å². The number of aromatic nitrogens is 4. The van der Waals surface area contributed by atoms with E-state index < -0.39 is 33.5 Å². The number of urea groups is 1. The maximum atomic E-state index is 12.6. The first-order valence-corrected chi connectivity index (χ1v) is 12.8. The zero-order valence-corrected chi connectivity index (χ0v) is 20.4. The number of nitrogens with one attached hydrogen (secondary N) is 3. The Bertz CT molecular complexity index is 1340. The van der Waals surface area contributed by atoms with Crippen molar-refractivity contribution in [1.82, 2.24) is 24.8 Å². The summed E-state index contributed by atoms with van der Waals surface area (Å²) in [6.07, 6.45) is 3.09. The van der Waals surface area contributed by atoms with Gasteiger partial charge in [-0.05, 0) is 57.9 Å². The van der Waals surface area contributed by atoms with Gasteiger partial charge in [-0.15, -0.1) is 0 Å². The average molecular weight is 502 g/mol. The molecule has 0 unspecified atom stereocenters. The number of hydrogen-bond donors (Lipinski definition) is 3. The third-order valence-electron chi connectivity index (χ3n) is 5.60. The Morgan fingerprint density at radius 1 is 1.11 bits per heavy atom. The molecule has 3 amide bonds. The minimum atomic E-state index is -3.40. The Morgan fingerprint density at radius 3 is 2.54 bits per heavy atom. The lowest BCUT2D eigenvalue weighted by molar-refractivity contribution is -0.133. The van der Waals surface area contributed by atoms with Gasteiger partial charge in [0.2, 0.25) is 5.91 Å². The summed E-state index contributed by atoms with van der Waals surface area (Å²) in [6, 6.07) is 5.35. The highest BCUT2D eigenvalue weighted by atomic mass is 32.2. The molecule has 3 heterocycles. The van der Waals surface area contributed by atoms with Gasteiger partial charge < -0.3 is 15.4 Å². The Morgan fingerprint density at radius 2 is 1.86 bits per heavy atom. The van der Waals surface area contributed by atoms with E-state index in [0.29, 0.717) is 36.2 Å². The molecule has 1 aromatic carbocycles. The standard InChI is InChI=1S/C22H27N7O5S/c1-4-23-21(30)16-9-10-17(34-16)29-12-26-18-19(24-11-25-20(18)29)28-22(31)27-14-5-7-15(8-6-14)35(32,33)13(2)3/h5-8,11-13,16-17H,4,9-10H2,1-3H3,(H,23,30)(H2,24,25,27,28,31)/t16-,17+/m0/s1. The Balaban J connectivity index is 1.45. The van der Waals surface area contributed by atoms with E-state index in [-0.39, 0.29) is 16.6 Å². The fourth-order valence-electron chi connectivity index (χ4n) is 3.73. The second-order valence-electron chi connectivity index (χ2n) is 8.29. The molecule has 0 aliphatic carbocycles. The number of imidazole rings is 1. The number of benzene rings is 1. The van der Waals surface area contributed by atoms with Gasteiger partial charge in [0.1, 0.15) is 18.7 Å². The molecule has 1 aliphatic heterocycles. The number of hydrogen-bond acceptors (Lipinski definition) is 8. The van der Waals surface area contributed by atoms with Crippen LogP contribution in [0.4, 0.5) is 16.3 Å². The minimum absolute atomic E-state index is 0.150. The fraction of sp³-hybridized carbons (Fsp3) is 0.409. The molecule has 3 aromatic rings. The number of sulfone groups is 1. The van der Waals surface area contributed by atoms with Gasteiger partial charge >= 0.3 is 6.03 Å². The van der Waals surface area contributed by atoms with Crippen molar-refractivity contribution < 1.29 is 22.7 Å². The lowest BCUT2D eigenvalue weighted by Gasteiger charge is -2.15. The summed E-state index contributed by atoms with van der Waals surface area (Å²) in [6.45, 7) is 5.60. The maximum absolute atomic E-state index is 12.6. The van der Waals surface area contributed by atoms with Gasteiger partial charge in [-0.2, -0.15) is 0 Å². The lowest BCUT2D eigenvalue weighted by atomic mass is 10.2. The molecular weight excluding hydrogens is 474 g/mol. The normalized spacial score (nSPS) is 18.1. The van der Waals surface area contributed by atoms with E-state index in [2.05, 4.69) is 30.9 Å². The van der Waals surface area contributed by atoms with Gasteiger partial charge in [-0.1, -0.05) is 0 Å². The van der Waals surface area contributed by atoms with E-state index in [1.165, 1.54) is 30.6 Å². The first kappa shape index (κ1) is 24.5. The van der Waals surface area contributed by atoms with Gasteiger partial charge in [0, 0.05) is 12.2 Å². The van der Waals surface area contributed by atoms with E-state index in [0.717, 1.165) is 0 Å². The number of ether oxygens (including phenoxy) is 1. The number of anilines is 2. The molecule has 1 saturated heterocycles. The smallest absolute Gasteiger partial charge is 0.324 e. The van der Waals surface area contributed by atoms with E-state index in [1.54, 1.807) is 24.7 Å². The predicted molar refractivity (Wildman–Crippen MR) is 129 cm³/mol. The third-order valence-corrected chi connectivity index (χ3v) is 7.77. The predicted octanol–water partition coefficient (Wildman–Crippen LogP) is 2.47. The lowest BCUT2D eigenvalue weighted by Crippen LogP contribution is -2.34. The SMILES string of the molecule is CCNC(=O)[C@@H]1CC[C@H](n2cnc3c(NC(=O)Nc4ccc(S(=O)(=O)C(C)C)cc4)ncnc32)O1. The van der Waals surface area contributed by atoms with Crippen LogP contribution in [0, 0.1) is 0 Å². The van der Waals surface area contributed by atoms with Crippen LogP contribution in [0.5, 0.6) is 0 Å². The number of rotatable bonds is 7. The summed E-state index contributed by atoms with van der Waals surface area (Å²) in [5.41, 5.74) is 1.24. The topological polar surface area (TPSA) is 157 Å². The molecule has 3 N–H and O–H groups in total. The van der Waals surface area contributed by atoms with Gasteiger partial charge in [0.15, 0.2) is 26.8 Å². The van der Waals surface area contributed by atoms with Crippen molar-refractivity contribution in [2.24, 2.45) is 0 Å². The van der Waals surface area contributed by atoms with Crippen molar-refractivity contribution in [1.29, 1.82) is 0 Å². The van der Waals surface area contributed by atoms with Crippen molar-refractivity contribution in [3.8, 4) is 0 Å². The highest BCUT2D eigenvalue weighted by Gasteiger charge is 2.32. The van der Waals surface area contributed by atoms with Crippen LogP contribution in [0.1, 0.15) is 39.8 Å². The second-order valence-corrected chi connectivity index (χ2v) is 10.8. The number of nitrogens with zero attached hydrogens (tertiary/aromatic N) is 4. The molecule has 2 atom stereocenters. The van der Waals surface area contributed by atoms with Gasteiger partial charge in [0.05, 0.1) is 16.5 Å². The first-order chi connectivity index (χ1) is 16.7. The molecular formula is C22H27N7O5S. The van der Waals surface area contributed by atoms with E-state index in [4.69, 9.17) is 4.74 Å². The Labute approximate surface area is 202 Å². The monoisotopic (exact) mass is 501 g/mol. The molecule has 1 aliphatic rings. The zero-order valence-electron chi connectivity index (χ0n) is 19.6. The van der Waals surface area contributed by atoms with Crippen molar-refractivity contribution in [2.45, 2.75) is 56.1 Å². The highest BCUT2D eigenvalue weighted by molar-refractivity contribution is 7.92. The van der Waals surface area contributed by atoms with Crippen LogP contribution in [0.2, 0.25) is 0 Å². The van der Waals surface area contributed by atoms with Crippen LogP contribution in [0.25, 0.3) is 11.2 Å². The molecule has 0 bridgehead atoms. The fourth-order valence-corrected chi connectivity index (χ4v) is 4.79. The molecule has 1 fully saturated rings. The largest absolute Gasteiger partial charge is 0.354 e. The van der Waals surface area contributed by atoms with Crippen molar-refractivity contribution >= 4 is 44.4 Å². The molecule has 0 saturated carbocycles. The molecule has 4 rings (SSSR count). The molecule has 0 radical (unpaired) electrons. The number of carbonyl (C=O) groups excluding carboxylic acids is 2. The molecule has 0 spiro atoms. The third kappa shape index (κ3) is 5.10. The van der Waals surface area contributed by atoms with Gasteiger partial charge in [-0.3, -0.25) is 14.7 Å². The van der Waals surface area contributed by atoms with Gasteiger partial charge in [-0.25, -0.2) is 28.2 Å². The van der Waals surface area contributed by atoms with Crippen LogP contribution in [-0.2, 0) is 19.4 Å².